The maximum absolute atomic E-state index is 13.0. The first kappa shape index (κ1) is 29.9. The average molecular weight is 688 g/mol. The number of benzene rings is 3. The summed E-state index contributed by atoms with van der Waals surface area (Å²) in [6.07, 6.45) is 1.56. The highest BCUT2D eigenvalue weighted by Gasteiger charge is 2.36. The lowest BCUT2D eigenvalue weighted by molar-refractivity contribution is -0.127. The molecule has 2 N–H and O–H groups in total. The Morgan fingerprint density at radius 3 is 2.32 bits per heavy atom. The van der Waals surface area contributed by atoms with E-state index in [0.29, 0.717) is 44.4 Å². The molecule has 0 bridgehead atoms. The number of hydrogen-bond donors (Lipinski definition) is 2. The van der Waals surface area contributed by atoms with Crippen molar-refractivity contribution in [2.24, 2.45) is 0 Å². The number of amides is 4. The molecule has 3 aromatic carbocycles. The Kier molecular flexibility index (Phi) is 10.2. The lowest BCUT2D eigenvalue weighted by Crippen LogP contribution is -2.36. The lowest BCUT2D eigenvalue weighted by Gasteiger charge is -2.15. The molecule has 0 radical (unpaired) electrons. The van der Waals surface area contributed by atoms with E-state index in [1.165, 1.54) is 7.11 Å². The summed E-state index contributed by atoms with van der Waals surface area (Å²) >= 11 is 2.81. The number of rotatable bonds is 11. The van der Waals surface area contributed by atoms with Gasteiger partial charge in [0.1, 0.15) is 12.3 Å². The average Bonchev–Trinajstić information content (AvgIpc) is 3.20. The van der Waals surface area contributed by atoms with Crippen molar-refractivity contribution in [2.45, 2.75) is 6.92 Å². The normalized spacial score (nSPS) is 13.7. The molecule has 4 rings (SSSR count). The first-order valence-corrected chi connectivity index (χ1v) is 14.3. The van der Waals surface area contributed by atoms with E-state index in [9.17, 15) is 19.2 Å². The third-order valence-corrected chi connectivity index (χ3v) is 7.29. The number of hydrogen-bond acceptors (Lipinski definition) is 8. The van der Waals surface area contributed by atoms with E-state index in [4.69, 9.17) is 14.2 Å². The molecule has 4 amide bonds. The summed E-state index contributed by atoms with van der Waals surface area (Å²) in [7, 11) is 1.54. The van der Waals surface area contributed by atoms with E-state index >= 15 is 0 Å². The number of nitrogens with one attached hydrogen (secondary N) is 2. The van der Waals surface area contributed by atoms with Crippen LogP contribution in [0.25, 0.3) is 6.08 Å². The van der Waals surface area contributed by atoms with Crippen LogP contribution in [-0.2, 0) is 14.4 Å². The molecular weight excluding hydrogens is 661 g/mol. The van der Waals surface area contributed by atoms with Gasteiger partial charge < -0.3 is 24.8 Å². The van der Waals surface area contributed by atoms with E-state index in [2.05, 4.69) is 33.2 Å². The van der Waals surface area contributed by atoms with Gasteiger partial charge in [0.15, 0.2) is 18.1 Å². The quantitative estimate of drug-likeness (QED) is 0.203. The standard InChI is InChI=1S/C29H26IN3O7S/c1-3-39-23-14-18(13-22(30)27(23)40-17-26(35)32-19-7-5-4-6-8-19)15-24-28(36)33(29(37)41-24)16-25(34)31-20-9-11-21(38-2)12-10-20/h4-15H,3,16-17H2,1-2H3,(H,31,34)(H,32,35)/b24-15+. The van der Waals surface area contributed by atoms with Crippen molar-refractivity contribution in [3.05, 3.63) is 80.8 Å². The van der Waals surface area contributed by atoms with Gasteiger partial charge in [-0.15, -0.1) is 0 Å². The molecule has 1 saturated heterocycles. The zero-order valence-corrected chi connectivity index (χ0v) is 25.1. The second kappa shape index (κ2) is 14.0. The molecule has 0 spiro atoms. The molecule has 3 aromatic rings. The molecule has 212 valence electrons. The summed E-state index contributed by atoms with van der Waals surface area (Å²) in [4.78, 5) is 51.5. The van der Waals surface area contributed by atoms with Crippen LogP contribution in [0.2, 0.25) is 0 Å². The van der Waals surface area contributed by atoms with Crippen LogP contribution in [0.15, 0.2) is 71.6 Å². The molecule has 10 nitrogen and oxygen atoms in total. The van der Waals surface area contributed by atoms with Crippen LogP contribution in [0, 0.1) is 3.57 Å². The van der Waals surface area contributed by atoms with Crippen LogP contribution in [0.3, 0.4) is 0 Å². The van der Waals surface area contributed by atoms with Crippen molar-refractivity contribution in [2.75, 3.05) is 37.5 Å². The number of anilines is 2. The summed E-state index contributed by atoms with van der Waals surface area (Å²) < 4.78 is 17.3. The number of ether oxygens (including phenoxy) is 3. The maximum Gasteiger partial charge on any atom is 0.294 e. The highest BCUT2D eigenvalue weighted by atomic mass is 127. The van der Waals surface area contributed by atoms with Gasteiger partial charge in [0, 0.05) is 11.4 Å². The van der Waals surface area contributed by atoms with Gasteiger partial charge in [-0.25, -0.2) is 0 Å². The number of methoxy groups -OCH3 is 1. The van der Waals surface area contributed by atoms with E-state index in [-0.39, 0.29) is 17.4 Å². The van der Waals surface area contributed by atoms with E-state index in [1.807, 2.05) is 25.1 Å². The van der Waals surface area contributed by atoms with Gasteiger partial charge in [0.25, 0.3) is 17.1 Å². The SMILES string of the molecule is CCOc1cc(/C=C2/SC(=O)N(CC(=O)Nc3ccc(OC)cc3)C2=O)cc(I)c1OCC(=O)Nc1ccccc1. The minimum atomic E-state index is -0.573. The van der Waals surface area contributed by atoms with Crippen LogP contribution in [-0.4, -0.2) is 54.7 Å². The first-order chi connectivity index (χ1) is 19.8. The van der Waals surface area contributed by atoms with Crippen molar-refractivity contribution in [1.29, 1.82) is 0 Å². The Morgan fingerprint density at radius 2 is 1.63 bits per heavy atom. The van der Waals surface area contributed by atoms with Gasteiger partial charge in [-0.3, -0.25) is 24.1 Å². The van der Waals surface area contributed by atoms with E-state index < -0.39 is 23.6 Å². The summed E-state index contributed by atoms with van der Waals surface area (Å²) in [6.45, 7) is 1.50. The van der Waals surface area contributed by atoms with E-state index in [1.54, 1.807) is 54.6 Å². The summed E-state index contributed by atoms with van der Waals surface area (Å²) in [6, 6.07) is 19.1. The number of carbonyl (C=O) groups is 4. The van der Waals surface area contributed by atoms with Gasteiger partial charge in [-0.1, -0.05) is 18.2 Å². The molecule has 0 atom stereocenters. The van der Waals surface area contributed by atoms with E-state index in [0.717, 1.165) is 16.7 Å². The Bertz CT molecular complexity index is 1480. The number of para-hydroxylation sites is 1. The van der Waals surface area contributed by atoms with Gasteiger partial charge in [-0.2, -0.15) is 0 Å². The topological polar surface area (TPSA) is 123 Å². The van der Waals surface area contributed by atoms with Crippen molar-refractivity contribution in [3.63, 3.8) is 0 Å². The van der Waals surface area contributed by atoms with Crippen molar-refractivity contribution < 1.29 is 33.4 Å². The first-order valence-electron chi connectivity index (χ1n) is 12.4. The zero-order valence-electron chi connectivity index (χ0n) is 22.1. The summed E-state index contributed by atoms with van der Waals surface area (Å²) in [5.74, 6) is -0.00885. The second-order valence-electron chi connectivity index (χ2n) is 8.51. The minimum Gasteiger partial charge on any atom is -0.497 e. The van der Waals surface area contributed by atoms with Gasteiger partial charge in [-0.05, 0) is 101 Å². The fourth-order valence-electron chi connectivity index (χ4n) is 3.74. The smallest absolute Gasteiger partial charge is 0.294 e. The Balaban J connectivity index is 1.43. The number of thioether (sulfide) groups is 1. The van der Waals surface area contributed by atoms with Crippen molar-refractivity contribution in [1.82, 2.24) is 4.90 Å². The van der Waals surface area contributed by atoms with Crippen molar-refractivity contribution in [3.8, 4) is 17.2 Å². The highest BCUT2D eigenvalue weighted by Crippen LogP contribution is 2.37. The lowest BCUT2D eigenvalue weighted by atomic mass is 10.2. The maximum atomic E-state index is 13.0. The summed E-state index contributed by atoms with van der Waals surface area (Å²) in [5.41, 5.74) is 1.76. The Hall–Kier alpha value is -4.04. The predicted octanol–water partition coefficient (Wildman–Crippen LogP) is 5.39. The Labute approximate surface area is 254 Å². The molecule has 0 saturated carbocycles. The van der Waals surface area contributed by atoms with Crippen LogP contribution in [0.5, 0.6) is 17.2 Å². The number of carbonyl (C=O) groups excluding carboxylic acids is 4. The molecule has 0 unspecified atom stereocenters. The second-order valence-corrected chi connectivity index (χ2v) is 10.7. The number of halogens is 1. The highest BCUT2D eigenvalue weighted by molar-refractivity contribution is 14.1. The molecular formula is C29H26IN3O7S. The van der Waals surface area contributed by atoms with Crippen LogP contribution in [0.4, 0.5) is 16.2 Å². The van der Waals surface area contributed by atoms with Crippen LogP contribution < -0.4 is 24.8 Å². The number of imide groups is 1. The number of nitrogens with zero attached hydrogens (tertiary/aromatic N) is 1. The molecule has 0 aromatic heterocycles. The van der Waals surface area contributed by atoms with Gasteiger partial charge >= 0.3 is 0 Å². The molecule has 12 heteroatoms. The molecule has 1 heterocycles. The fraction of sp³-hybridized carbons (Fsp3) is 0.172. The molecule has 1 aliphatic heterocycles. The zero-order chi connectivity index (χ0) is 29.4. The molecule has 41 heavy (non-hydrogen) atoms. The van der Waals surface area contributed by atoms with Crippen molar-refractivity contribution >= 4 is 74.8 Å². The fourth-order valence-corrected chi connectivity index (χ4v) is 5.36. The molecule has 0 aliphatic carbocycles. The third kappa shape index (κ3) is 8.01. The van der Waals surface area contributed by atoms with Crippen LogP contribution in [0.1, 0.15) is 12.5 Å². The largest absolute Gasteiger partial charge is 0.497 e. The molecule has 1 fully saturated rings. The monoisotopic (exact) mass is 687 g/mol. The van der Waals surface area contributed by atoms with Gasteiger partial charge in [0.2, 0.25) is 5.91 Å². The van der Waals surface area contributed by atoms with Gasteiger partial charge in [0.05, 0.1) is 22.2 Å². The minimum absolute atomic E-state index is 0.168. The Morgan fingerprint density at radius 1 is 0.951 bits per heavy atom. The predicted molar refractivity (Wildman–Crippen MR) is 165 cm³/mol. The summed E-state index contributed by atoms with van der Waals surface area (Å²) in [5, 5.41) is 4.88. The van der Waals surface area contributed by atoms with Crippen LogP contribution >= 0.6 is 34.4 Å². The third-order valence-electron chi connectivity index (χ3n) is 5.58. The molecule has 1 aliphatic rings.